The predicted octanol–water partition coefficient (Wildman–Crippen LogP) is 2.73. The van der Waals surface area contributed by atoms with Crippen molar-refractivity contribution in [1.82, 2.24) is 9.97 Å². The molecule has 0 unspecified atom stereocenters. The Morgan fingerprint density at radius 2 is 2.00 bits per heavy atom. The first kappa shape index (κ1) is 10.6. The van der Waals surface area contributed by atoms with Crippen LogP contribution in [0.5, 0.6) is 11.6 Å². The first-order chi connectivity index (χ1) is 7.78. The molecule has 0 aliphatic heterocycles. The zero-order chi connectivity index (χ0) is 11.4. The van der Waals surface area contributed by atoms with Gasteiger partial charge in [0, 0.05) is 17.8 Å². The number of aromatic nitrogens is 2. The predicted molar refractivity (Wildman–Crippen MR) is 58.9 cm³/mol. The van der Waals surface area contributed by atoms with Gasteiger partial charge in [0.25, 0.3) is 0 Å². The van der Waals surface area contributed by atoms with Crippen LogP contribution in [0.3, 0.4) is 0 Å². The highest BCUT2D eigenvalue weighted by Crippen LogP contribution is 2.19. The van der Waals surface area contributed by atoms with Gasteiger partial charge in [-0.2, -0.15) is 0 Å². The van der Waals surface area contributed by atoms with Crippen molar-refractivity contribution in [3.05, 3.63) is 47.4 Å². The van der Waals surface area contributed by atoms with Crippen molar-refractivity contribution in [2.24, 2.45) is 0 Å². The summed E-state index contributed by atoms with van der Waals surface area (Å²) < 4.78 is 5.38. The minimum Gasteiger partial charge on any atom is -0.437 e. The average molecular weight is 235 g/mol. The van der Waals surface area contributed by atoms with Gasteiger partial charge in [0.1, 0.15) is 10.9 Å². The Hall–Kier alpha value is -1.94. The molecule has 0 radical (unpaired) electrons. The molecule has 2 heterocycles. The molecule has 0 aromatic carbocycles. The fraction of sp³-hybridized carbons (Fsp3) is 0. The van der Waals surface area contributed by atoms with Gasteiger partial charge in [-0.3, -0.25) is 4.79 Å². The van der Waals surface area contributed by atoms with E-state index in [9.17, 15) is 4.79 Å². The highest BCUT2D eigenvalue weighted by atomic mass is 35.5. The van der Waals surface area contributed by atoms with Gasteiger partial charge in [0.2, 0.25) is 5.88 Å². The lowest BCUT2D eigenvalue weighted by molar-refractivity contribution is 0.112. The molecule has 0 saturated carbocycles. The second kappa shape index (κ2) is 4.72. The van der Waals surface area contributed by atoms with Gasteiger partial charge < -0.3 is 4.74 Å². The van der Waals surface area contributed by atoms with Gasteiger partial charge in [-0.25, -0.2) is 9.97 Å². The molecule has 0 fully saturated rings. The summed E-state index contributed by atoms with van der Waals surface area (Å²) >= 11 is 5.63. The Morgan fingerprint density at radius 3 is 2.56 bits per heavy atom. The summed E-state index contributed by atoms with van der Waals surface area (Å²) in [7, 11) is 0. The monoisotopic (exact) mass is 234 g/mol. The molecular formula is C11H7ClN2O2. The molecule has 80 valence electrons. The van der Waals surface area contributed by atoms with Crippen LogP contribution in [0.25, 0.3) is 0 Å². The summed E-state index contributed by atoms with van der Waals surface area (Å²) in [5.74, 6) is 0.936. The minimum absolute atomic E-state index is 0.398. The molecule has 0 saturated heterocycles. The number of hydrogen-bond acceptors (Lipinski definition) is 4. The van der Waals surface area contributed by atoms with Gasteiger partial charge in [0.15, 0.2) is 6.29 Å². The fourth-order valence-electron chi connectivity index (χ4n) is 1.07. The summed E-state index contributed by atoms with van der Waals surface area (Å²) in [6.07, 6.45) is 3.66. The van der Waals surface area contributed by atoms with Gasteiger partial charge in [0.05, 0.1) is 6.20 Å². The number of nitrogens with zero attached hydrogens (tertiary/aromatic N) is 2. The standard InChI is InChI=1S/C11H7ClN2O2/c12-10-3-2-9(6-13-10)16-11-4-1-8(7-15)5-14-11/h1-7H. The number of rotatable bonds is 3. The van der Waals surface area contributed by atoms with E-state index in [4.69, 9.17) is 16.3 Å². The molecule has 0 spiro atoms. The first-order valence-electron chi connectivity index (χ1n) is 4.48. The Labute approximate surface area is 96.9 Å². The third-order valence-corrected chi connectivity index (χ3v) is 2.04. The maximum absolute atomic E-state index is 10.4. The van der Waals surface area contributed by atoms with E-state index in [1.807, 2.05) is 0 Å². The SMILES string of the molecule is O=Cc1ccc(Oc2ccc(Cl)nc2)nc1. The molecule has 4 nitrogen and oxygen atoms in total. The largest absolute Gasteiger partial charge is 0.437 e. The van der Waals surface area contributed by atoms with Crippen LogP contribution >= 0.6 is 11.6 Å². The Bertz CT molecular complexity index is 482. The van der Waals surface area contributed by atoms with Crippen LogP contribution in [0.4, 0.5) is 0 Å². The summed E-state index contributed by atoms with van der Waals surface area (Å²) in [5, 5.41) is 0.400. The number of halogens is 1. The van der Waals surface area contributed by atoms with E-state index in [2.05, 4.69) is 9.97 Å². The zero-order valence-electron chi connectivity index (χ0n) is 8.13. The van der Waals surface area contributed by atoms with Crippen LogP contribution in [0.15, 0.2) is 36.7 Å². The fourth-order valence-corrected chi connectivity index (χ4v) is 1.18. The quantitative estimate of drug-likeness (QED) is 0.605. The number of carbonyl (C=O) groups is 1. The van der Waals surface area contributed by atoms with Crippen LogP contribution in [0, 0.1) is 0 Å². The number of aldehydes is 1. The van der Waals surface area contributed by atoms with E-state index in [0.717, 1.165) is 6.29 Å². The molecule has 2 aromatic rings. The molecular weight excluding hydrogens is 228 g/mol. The van der Waals surface area contributed by atoms with Crippen molar-refractivity contribution in [1.29, 1.82) is 0 Å². The van der Waals surface area contributed by atoms with Gasteiger partial charge >= 0.3 is 0 Å². The molecule has 0 N–H and O–H groups in total. The van der Waals surface area contributed by atoms with Crippen LogP contribution in [-0.4, -0.2) is 16.3 Å². The van der Waals surface area contributed by atoms with E-state index in [1.54, 1.807) is 24.3 Å². The number of ether oxygens (including phenoxy) is 1. The maximum atomic E-state index is 10.4. The lowest BCUT2D eigenvalue weighted by Crippen LogP contribution is -1.89. The molecule has 2 aromatic heterocycles. The van der Waals surface area contributed by atoms with Crippen molar-refractivity contribution < 1.29 is 9.53 Å². The Kier molecular flexibility index (Phi) is 3.12. The average Bonchev–Trinajstić information content (AvgIpc) is 2.33. The zero-order valence-corrected chi connectivity index (χ0v) is 8.89. The number of carbonyl (C=O) groups excluding carboxylic acids is 1. The van der Waals surface area contributed by atoms with Crippen molar-refractivity contribution in [3.63, 3.8) is 0 Å². The second-order valence-electron chi connectivity index (χ2n) is 2.97. The normalized spacial score (nSPS) is 9.81. The Morgan fingerprint density at radius 1 is 1.12 bits per heavy atom. The molecule has 0 aliphatic rings. The number of hydrogen-bond donors (Lipinski definition) is 0. The second-order valence-corrected chi connectivity index (χ2v) is 3.35. The van der Waals surface area contributed by atoms with Gasteiger partial charge in [-0.1, -0.05) is 11.6 Å². The molecule has 2 rings (SSSR count). The van der Waals surface area contributed by atoms with Crippen molar-refractivity contribution in [2.75, 3.05) is 0 Å². The minimum atomic E-state index is 0.398. The lowest BCUT2D eigenvalue weighted by atomic mass is 10.3. The van der Waals surface area contributed by atoms with Crippen molar-refractivity contribution in [3.8, 4) is 11.6 Å². The van der Waals surface area contributed by atoms with Crippen LogP contribution in [0.2, 0.25) is 5.15 Å². The summed E-state index contributed by atoms with van der Waals surface area (Å²) in [5.41, 5.74) is 0.501. The summed E-state index contributed by atoms with van der Waals surface area (Å²) in [6, 6.07) is 6.54. The van der Waals surface area contributed by atoms with Gasteiger partial charge in [-0.05, 0) is 18.2 Å². The topological polar surface area (TPSA) is 52.1 Å². The highest BCUT2D eigenvalue weighted by Gasteiger charge is 1.99. The Balaban J connectivity index is 2.14. The first-order valence-corrected chi connectivity index (χ1v) is 4.86. The third kappa shape index (κ3) is 2.55. The molecule has 0 aliphatic carbocycles. The summed E-state index contributed by atoms with van der Waals surface area (Å²) in [6.45, 7) is 0. The van der Waals surface area contributed by atoms with Crippen LogP contribution in [0.1, 0.15) is 10.4 Å². The lowest BCUT2D eigenvalue weighted by Gasteiger charge is -2.03. The van der Waals surface area contributed by atoms with E-state index in [1.165, 1.54) is 12.4 Å². The van der Waals surface area contributed by atoms with E-state index in [-0.39, 0.29) is 0 Å². The molecule has 5 heteroatoms. The highest BCUT2D eigenvalue weighted by molar-refractivity contribution is 6.29. The van der Waals surface area contributed by atoms with Crippen molar-refractivity contribution >= 4 is 17.9 Å². The van der Waals surface area contributed by atoms with Crippen LogP contribution in [-0.2, 0) is 0 Å². The van der Waals surface area contributed by atoms with E-state index in [0.29, 0.717) is 22.3 Å². The maximum Gasteiger partial charge on any atom is 0.219 e. The molecule has 16 heavy (non-hydrogen) atoms. The third-order valence-electron chi connectivity index (χ3n) is 1.82. The van der Waals surface area contributed by atoms with Crippen LogP contribution < -0.4 is 4.74 Å². The van der Waals surface area contributed by atoms with Gasteiger partial charge in [-0.15, -0.1) is 0 Å². The summed E-state index contributed by atoms with van der Waals surface area (Å²) in [4.78, 5) is 18.2. The number of pyridine rings is 2. The smallest absolute Gasteiger partial charge is 0.219 e. The van der Waals surface area contributed by atoms with Crippen molar-refractivity contribution in [2.45, 2.75) is 0 Å². The molecule has 0 amide bonds. The van der Waals surface area contributed by atoms with E-state index >= 15 is 0 Å². The molecule has 0 atom stereocenters. The molecule has 0 bridgehead atoms. The van der Waals surface area contributed by atoms with E-state index < -0.39 is 0 Å².